The van der Waals surface area contributed by atoms with Gasteiger partial charge >= 0.3 is 19.8 Å². The van der Waals surface area contributed by atoms with Crippen LogP contribution in [0, 0.1) is 0 Å². The summed E-state index contributed by atoms with van der Waals surface area (Å²) in [5.41, 5.74) is 0. The fourth-order valence-electron chi connectivity index (χ4n) is 7.45. The summed E-state index contributed by atoms with van der Waals surface area (Å²) in [5.74, 6) is -1.16. The molecule has 0 bridgehead atoms. The lowest BCUT2D eigenvalue weighted by molar-refractivity contribution is -0.220. The van der Waals surface area contributed by atoms with Gasteiger partial charge in [0, 0.05) is 12.8 Å². The quantitative estimate of drug-likeness (QED) is 0.0146. The third-order valence-corrected chi connectivity index (χ3v) is 12.5. The minimum absolute atomic E-state index is 0.0839. The van der Waals surface area contributed by atoms with Gasteiger partial charge in [-0.15, -0.1) is 0 Å². The number of hydrogen-bond donors (Lipinski definition) is 6. The second kappa shape index (κ2) is 39.3. The van der Waals surface area contributed by atoms with Crippen molar-refractivity contribution in [1.82, 2.24) is 0 Å². The standard InChI is InChI=1S/C49H89O13P/c1-3-5-7-9-11-13-15-17-19-20-21-22-24-26-28-30-32-34-36-38-43(51)61-41(40-60-63(57,58)62-49-47(55)45(53)44(52)46(54)48(49)56)39-59-42(50)37-35-33-31-29-27-25-23-18-16-14-12-10-8-6-4-2/h11,13,17,19,31,33,41,44-49,52-56H,3-10,12,14-16,18,20-30,32,34-40H2,1-2H3,(H,57,58)/b13-11+,19-17+,33-31+/t41-,44?,45-,46?,47?,48?,49?/m1/s1. The molecule has 368 valence electrons. The number of rotatable bonds is 41. The predicted molar refractivity (Wildman–Crippen MR) is 249 cm³/mol. The SMILES string of the molecule is CCCCC/C=C/C/C=C/CCCCCCCCCCCC(=O)O[C@H](COC(=O)CC/C=C/CCCCCCCCCCCCC)COP(=O)(O)OC1C(O)C(O)C(O)[C@@H](O)C1O. The molecule has 0 heterocycles. The van der Waals surface area contributed by atoms with E-state index in [0.29, 0.717) is 12.8 Å². The van der Waals surface area contributed by atoms with E-state index in [2.05, 4.69) is 44.2 Å². The van der Waals surface area contributed by atoms with Gasteiger partial charge in [0.1, 0.15) is 43.2 Å². The van der Waals surface area contributed by atoms with Crippen LogP contribution in [0.25, 0.3) is 0 Å². The van der Waals surface area contributed by atoms with E-state index in [1.54, 1.807) is 0 Å². The van der Waals surface area contributed by atoms with Crippen molar-refractivity contribution in [2.24, 2.45) is 0 Å². The molecule has 1 rings (SSSR count). The molecule has 0 amide bonds. The molecule has 0 aromatic rings. The van der Waals surface area contributed by atoms with Gasteiger partial charge < -0.3 is 39.9 Å². The number of aliphatic hydroxyl groups excluding tert-OH is 5. The van der Waals surface area contributed by atoms with E-state index in [9.17, 15) is 44.6 Å². The Balaban J connectivity index is 2.44. The Morgan fingerprint density at radius 2 is 0.889 bits per heavy atom. The number of allylic oxidation sites excluding steroid dienone is 6. The van der Waals surface area contributed by atoms with E-state index in [1.165, 1.54) is 116 Å². The molecule has 1 aliphatic rings. The fourth-order valence-corrected chi connectivity index (χ4v) is 8.43. The van der Waals surface area contributed by atoms with Gasteiger partial charge in [0.25, 0.3) is 0 Å². The minimum Gasteiger partial charge on any atom is -0.462 e. The molecular formula is C49H89O13P. The van der Waals surface area contributed by atoms with Gasteiger partial charge in [-0.1, -0.05) is 172 Å². The molecule has 1 aliphatic carbocycles. The number of carbonyl (C=O) groups is 2. The van der Waals surface area contributed by atoms with Crippen molar-refractivity contribution in [3.8, 4) is 0 Å². The van der Waals surface area contributed by atoms with E-state index in [0.717, 1.165) is 51.4 Å². The van der Waals surface area contributed by atoms with Crippen molar-refractivity contribution in [3.63, 3.8) is 0 Å². The molecule has 14 heteroatoms. The number of esters is 2. The first-order chi connectivity index (χ1) is 30.4. The van der Waals surface area contributed by atoms with Crippen LogP contribution in [-0.2, 0) is 32.7 Å². The van der Waals surface area contributed by atoms with Crippen molar-refractivity contribution in [3.05, 3.63) is 36.5 Å². The van der Waals surface area contributed by atoms with E-state index in [4.69, 9.17) is 18.5 Å². The summed E-state index contributed by atoms with van der Waals surface area (Å²) in [4.78, 5) is 35.7. The van der Waals surface area contributed by atoms with Crippen LogP contribution in [-0.4, -0.2) is 98.3 Å². The zero-order valence-corrected chi connectivity index (χ0v) is 40.0. The summed E-state index contributed by atoms with van der Waals surface area (Å²) >= 11 is 0. The maximum absolute atomic E-state index is 12.8. The van der Waals surface area contributed by atoms with Crippen LogP contribution in [0.2, 0.25) is 0 Å². The number of unbranched alkanes of at least 4 members (excludes halogenated alkanes) is 23. The van der Waals surface area contributed by atoms with Gasteiger partial charge in [0.05, 0.1) is 6.61 Å². The zero-order chi connectivity index (χ0) is 46.4. The maximum atomic E-state index is 12.8. The molecule has 0 saturated heterocycles. The molecule has 0 aromatic carbocycles. The Bertz CT molecular complexity index is 1240. The summed E-state index contributed by atoms with van der Waals surface area (Å²) < 4.78 is 33.5. The molecule has 1 saturated carbocycles. The van der Waals surface area contributed by atoms with Gasteiger partial charge in [0.2, 0.25) is 0 Å². The molecule has 6 N–H and O–H groups in total. The Morgan fingerprint density at radius 1 is 0.492 bits per heavy atom. The lowest BCUT2D eigenvalue weighted by atomic mass is 9.85. The van der Waals surface area contributed by atoms with Crippen LogP contribution < -0.4 is 0 Å². The highest BCUT2D eigenvalue weighted by Gasteiger charge is 2.51. The van der Waals surface area contributed by atoms with Crippen LogP contribution in [0.1, 0.15) is 206 Å². The average molecular weight is 917 g/mol. The average Bonchev–Trinajstić information content (AvgIpc) is 3.26. The van der Waals surface area contributed by atoms with Gasteiger partial charge in [-0.25, -0.2) is 4.57 Å². The lowest BCUT2D eigenvalue weighted by Crippen LogP contribution is -2.64. The van der Waals surface area contributed by atoms with Gasteiger partial charge in [0.15, 0.2) is 6.10 Å². The molecule has 13 nitrogen and oxygen atoms in total. The maximum Gasteiger partial charge on any atom is 0.472 e. The molecule has 8 atom stereocenters. The zero-order valence-electron chi connectivity index (χ0n) is 39.1. The second-order valence-corrected chi connectivity index (χ2v) is 18.7. The third kappa shape index (κ3) is 31.6. The predicted octanol–water partition coefficient (Wildman–Crippen LogP) is 10.2. The van der Waals surface area contributed by atoms with E-state index in [-0.39, 0.29) is 12.8 Å². The molecule has 63 heavy (non-hydrogen) atoms. The molecular weight excluding hydrogens is 828 g/mol. The first-order valence-electron chi connectivity index (χ1n) is 24.8. The monoisotopic (exact) mass is 917 g/mol. The number of ether oxygens (including phenoxy) is 2. The number of aliphatic hydroxyl groups is 5. The normalized spacial score (nSPS) is 22.0. The van der Waals surface area contributed by atoms with Crippen molar-refractivity contribution in [2.45, 2.75) is 249 Å². The second-order valence-electron chi connectivity index (χ2n) is 17.3. The first kappa shape index (κ1) is 59.1. The van der Waals surface area contributed by atoms with Crippen LogP contribution in [0.4, 0.5) is 0 Å². The van der Waals surface area contributed by atoms with E-state index >= 15 is 0 Å². The highest BCUT2D eigenvalue weighted by Crippen LogP contribution is 2.47. The van der Waals surface area contributed by atoms with Crippen LogP contribution in [0.3, 0.4) is 0 Å². The third-order valence-electron chi connectivity index (χ3n) is 11.5. The molecule has 0 aromatic heterocycles. The Labute approximate surface area is 380 Å². The largest absolute Gasteiger partial charge is 0.472 e. The van der Waals surface area contributed by atoms with Crippen LogP contribution >= 0.6 is 7.82 Å². The summed E-state index contributed by atoms with van der Waals surface area (Å²) in [6.07, 6.45) is 32.0. The Morgan fingerprint density at radius 3 is 1.40 bits per heavy atom. The topological polar surface area (TPSA) is 210 Å². The van der Waals surface area contributed by atoms with Crippen LogP contribution in [0.5, 0.6) is 0 Å². The van der Waals surface area contributed by atoms with E-state index in [1.807, 2.05) is 6.08 Å². The van der Waals surface area contributed by atoms with Crippen LogP contribution in [0.15, 0.2) is 36.5 Å². The highest BCUT2D eigenvalue weighted by molar-refractivity contribution is 7.47. The number of carbonyl (C=O) groups excluding carboxylic acids is 2. The van der Waals surface area contributed by atoms with Gasteiger partial charge in [-0.05, 0) is 57.8 Å². The molecule has 0 radical (unpaired) electrons. The van der Waals surface area contributed by atoms with Crippen molar-refractivity contribution in [2.75, 3.05) is 13.2 Å². The number of phosphoric ester groups is 1. The number of hydrogen-bond acceptors (Lipinski definition) is 12. The van der Waals surface area contributed by atoms with Crippen molar-refractivity contribution >= 4 is 19.8 Å². The fraction of sp³-hybridized carbons (Fsp3) is 0.837. The number of phosphoric acid groups is 1. The smallest absolute Gasteiger partial charge is 0.462 e. The van der Waals surface area contributed by atoms with Gasteiger partial charge in [-0.2, -0.15) is 0 Å². The molecule has 0 aliphatic heterocycles. The summed E-state index contributed by atoms with van der Waals surface area (Å²) in [6.45, 7) is 3.25. The molecule has 1 fully saturated rings. The molecule has 6 unspecified atom stereocenters. The Kier molecular flexibility index (Phi) is 36.8. The summed E-state index contributed by atoms with van der Waals surface area (Å²) in [6, 6.07) is 0. The van der Waals surface area contributed by atoms with Crippen molar-refractivity contribution < 1.29 is 63.1 Å². The summed E-state index contributed by atoms with van der Waals surface area (Å²) in [7, 11) is -5.13. The minimum atomic E-state index is -5.13. The summed E-state index contributed by atoms with van der Waals surface area (Å²) in [5, 5.41) is 50.2. The Hall–Kier alpha value is -1.93. The van der Waals surface area contributed by atoms with Crippen molar-refractivity contribution in [1.29, 1.82) is 0 Å². The van der Waals surface area contributed by atoms with Gasteiger partial charge in [-0.3, -0.25) is 18.6 Å². The highest BCUT2D eigenvalue weighted by atomic mass is 31.2. The molecule has 0 spiro atoms. The van der Waals surface area contributed by atoms with E-state index < -0.39 is 75.7 Å². The lowest BCUT2D eigenvalue weighted by Gasteiger charge is -2.41. The first-order valence-corrected chi connectivity index (χ1v) is 26.3.